The van der Waals surface area contributed by atoms with Crippen LogP contribution in [0.4, 0.5) is 9.18 Å². The molecular weight excluding hydrogens is 493 g/mol. The second-order valence-corrected chi connectivity index (χ2v) is 11.5. The van der Waals surface area contributed by atoms with E-state index in [1.807, 2.05) is 11.9 Å². The van der Waals surface area contributed by atoms with Crippen LogP contribution in [0.3, 0.4) is 0 Å². The van der Waals surface area contributed by atoms with E-state index >= 15 is 4.39 Å². The number of ether oxygens (including phenoxy) is 1. The van der Waals surface area contributed by atoms with Gasteiger partial charge in [-0.05, 0) is 64.5 Å². The third-order valence-corrected chi connectivity index (χ3v) is 8.93. The number of aliphatic hydroxyl groups is 1. The smallest absolute Gasteiger partial charge is 0.317 e. The summed E-state index contributed by atoms with van der Waals surface area (Å²) in [5.74, 6) is -0.219. The first kappa shape index (κ1) is 30.1. The van der Waals surface area contributed by atoms with Gasteiger partial charge in [0.1, 0.15) is 5.82 Å². The van der Waals surface area contributed by atoms with Crippen molar-refractivity contribution >= 4 is 17.6 Å². The molecule has 0 aromatic heterocycles. The standard InChI is InChI=1S/C29H47ClFN3O3/c1-21(32-2)26(19-22-11-5-4-6-12-22)33-28(35)34-17-10-13-23(20-34)29(36,16-7-8-18-37-3)24-14-9-15-25(30)27(24)31/h9,14-15,21-23,26,32,36H,4-8,10-13,16-20H2,1-3H3,(H,33,35)/t21?,23-,26?,29-/m1/s1. The molecule has 1 saturated carbocycles. The van der Waals surface area contributed by atoms with Crippen LogP contribution >= 0.6 is 11.6 Å². The fraction of sp³-hybridized carbons (Fsp3) is 0.759. The number of rotatable bonds is 12. The summed E-state index contributed by atoms with van der Waals surface area (Å²) in [5.41, 5.74) is -1.19. The first-order valence-electron chi connectivity index (χ1n) is 14.2. The number of hydrogen-bond donors (Lipinski definition) is 3. The molecule has 8 heteroatoms. The Morgan fingerprint density at radius 2 is 2.00 bits per heavy atom. The van der Waals surface area contributed by atoms with Gasteiger partial charge >= 0.3 is 6.03 Å². The number of carbonyl (C=O) groups is 1. The summed E-state index contributed by atoms with van der Waals surface area (Å²) in [4.78, 5) is 15.3. The number of benzene rings is 1. The molecule has 1 aliphatic heterocycles. The van der Waals surface area contributed by atoms with E-state index in [1.165, 1.54) is 38.2 Å². The van der Waals surface area contributed by atoms with E-state index in [4.69, 9.17) is 16.3 Å². The molecule has 210 valence electrons. The van der Waals surface area contributed by atoms with E-state index in [9.17, 15) is 9.90 Å². The molecule has 6 nitrogen and oxygen atoms in total. The second kappa shape index (κ2) is 14.7. The number of unbranched alkanes of at least 4 members (excludes halogenated alkanes) is 1. The average Bonchev–Trinajstić information content (AvgIpc) is 2.92. The molecule has 0 bridgehead atoms. The summed E-state index contributed by atoms with van der Waals surface area (Å²) >= 11 is 6.12. The van der Waals surface area contributed by atoms with Gasteiger partial charge in [-0.3, -0.25) is 0 Å². The van der Waals surface area contributed by atoms with E-state index in [0.717, 1.165) is 25.7 Å². The normalized spacial score (nSPS) is 22.3. The number of urea groups is 1. The molecule has 1 saturated heterocycles. The van der Waals surface area contributed by atoms with Crippen LogP contribution in [0.5, 0.6) is 0 Å². The molecule has 2 unspecified atom stereocenters. The molecule has 4 atom stereocenters. The Balaban J connectivity index is 1.74. The van der Waals surface area contributed by atoms with Gasteiger partial charge in [-0.15, -0.1) is 0 Å². The van der Waals surface area contributed by atoms with Crippen molar-refractivity contribution in [2.75, 3.05) is 33.9 Å². The van der Waals surface area contributed by atoms with Gasteiger partial charge in [-0.25, -0.2) is 9.18 Å². The van der Waals surface area contributed by atoms with Crippen molar-refractivity contribution in [3.05, 3.63) is 34.6 Å². The maximum atomic E-state index is 15.2. The third-order valence-electron chi connectivity index (χ3n) is 8.64. The number of likely N-dealkylation sites (tertiary alicyclic amines) is 1. The Morgan fingerprint density at radius 3 is 2.70 bits per heavy atom. The van der Waals surface area contributed by atoms with Crippen molar-refractivity contribution in [3.8, 4) is 0 Å². The predicted molar refractivity (Wildman–Crippen MR) is 147 cm³/mol. The van der Waals surface area contributed by atoms with Gasteiger partial charge in [0.25, 0.3) is 0 Å². The van der Waals surface area contributed by atoms with Crippen LogP contribution in [0.25, 0.3) is 0 Å². The lowest BCUT2D eigenvalue weighted by Gasteiger charge is -2.43. The molecule has 1 aromatic rings. The van der Waals surface area contributed by atoms with Crippen molar-refractivity contribution in [2.45, 2.75) is 95.2 Å². The van der Waals surface area contributed by atoms with Crippen LogP contribution in [0.1, 0.15) is 83.1 Å². The largest absolute Gasteiger partial charge is 0.385 e. The Bertz CT molecular complexity index is 854. The van der Waals surface area contributed by atoms with Crippen LogP contribution < -0.4 is 10.6 Å². The zero-order valence-corrected chi connectivity index (χ0v) is 23.7. The first-order chi connectivity index (χ1) is 17.8. The van der Waals surface area contributed by atoms with E-state index in [-0.39, 0.29) is 34.6 Å². The van der Waals surface area contributed by atoms with Crippen LogP contribution in [-0.4, -0.2) is 62.0 Å². The van der Waals surface area contributed by atoms with Crippen molar-refractivity contribution in [3.63, 3.8) is 0 Å². The summed E-state index contributed by atoms with van der Waals surface area (Å²) in [5, 5.41) is 18.7. The molecule has 1 aliphatic carbocycles. The van der Waals surface area contributed by atoms with Gasteiger partial charge < -0.3 is 25.4 Å². The zero-order valence-electron chi connectivity index (χ0n) is 22.9. The molecule has 3 N–H and O–H groups in total. The van der Waals surface area contributed by atoms with Crippen LogP contribution in [0.2, 0.25) is 5.02 Å². The van der Waals surface area contributed by atoms with Crippen LogP contribution in [0, 0.1) is 17.7 Å². The highest BCUT2D eigenvalue weighted by Gasteiger charge is 2.43. The number of piperidine rings is 1. The molecule has 3 rings (SSSR count). The monoisotopic (exact) mass is 539 g/mol. The van der Waals surface area contributed by atoms with Crippen molar-refractivity contribution in [1.82, 2.24) is 15.5 Å². The first-order valence-corrected chi connectivity index (χ1v) is 14.6. The predicted octanol–water partition coefficient (Wildman–Crippen LogP) is 5.85. The fourth-order valence-electron chi connectivity index (χ4n) is 6.21. The lowest BCUT2D eigenvalue weighted by Crippen LogP contribution is -2.56. The Morgan fingerprint density at radius 1 is 1.24 bits per heavy atom. The van der Waals surface area contributed by atoms with E-state index < -0.39 is 11.4 Å². The molecule has 2 amide bonds. The zero-order chi connectivity index (χ0) is 26.8. The highest BCUT2D eigenvalue weighted by atomic mass is 35.5. The maximum absolute atomic E-state index is 15.2. The third kappa shape index (κ3) is 8.04. The number of carbonyl (C=O) groups excluding carboxylic acids is 1. The molecule has 1 aromatic carbocycles. The molecule has 37 heavy (non-hydrogen) atoms. The second-order valence-electron chi connectivity index (χ2n) is 11.1. The van der Waals surface area contributed by atoms with E-state index in [2.05, 4.69) is 17.6 Å². The van der Waals surface area contributed by atoms with E-state index in [1.54, 1.807) is 19.2 Å². The highest BCUT2D eigenvalue weighted by molar-refractivity contribution is 6.30. The number of amides is 2. The summed E-state index contributed by atoms with van der Waals surface area (Å²) in [6, 6.07) is 4.92. The summed E-state index contributed by atoms with van der Waals surface area (Å²) in [6.07, 6.45) is 10.6. The van der Waals surface area contributed by atoms with Gasteiger partial charge in [-0.1, -0.05) is 55.8 Å². The Labute approximate surface area is 227 Å². The number of likely N-dealkylation sites (N-methyl/N-ethyl adjacent to an activating group) is 1. The number of nitrogens with one attached hydrogen (secondary N) is 2. The van der Waals surface area contributed by atoms with Gasteiger partial charge in [0.2, 0.25) is 0 Å². The minimum absolute atomic E-state index is 0.00447. The topological polar surface area (TPSA) is 73.8 Å². The highest BCUT2D eigenvalue weighted by Crippen LogP contribution is 2.42. The summed E-state index contributed by atoms with van der Waals surface area (Å²) in [7, 11) is 3.59. The minimum atomic E-state index is -1.42. The maximum Gasteiger partial charge on any atom is 0.317 e. The van der Waals surface area contributed by atoms with Gasteiger partial charge in [-0.2, -0.15) is 0 Å². The Kier molecular flexibility index (Phi) is 11.9. The van der Waals surface area contributed by atoms with Gasteiger partial charge in [0.15, 0.2) is 0 Å². The molecule has 2 fully saturated rings. The van der Waals surface area contributed by atoms with E-state index in [0.29, 0.717) is 38.5 Å². The fourth-order valence-corrected chi connectivity index (χ4v) is 6.38. The Hall–Kier alpha value is -1.41. The number of halogens is 2. The summed E-state index contributed by atoms with van der Waals surface area (Å²) < 4.78 is 20.4. The number of methoxy groups -OCH3 is 1. The molecule has 2 aliphatic rings. The van der Waals surface area contributed by atoms with Crippen LogP contribution in [0.15, 0.2) is 18.2 Å². The molecular formula is C29H47ClFN3O3. The molecule has 1 heterocycles. The van der Waals surface area contributed by atoms with Crippen molar-refractivity contribution < 1.29 is 19.0 Å². The lowest BCUT2D eigenvalue weighted by atomic mass is 9.74. The molecule has 0 radical (unpaired) electrons. The SMILES string of the molecule is CNC(C)C(CC1CCCCC1)NC(=O)N1CCC[C@@H]([C@](O)(CCCCOC)c2cccc(Cl)c2F)C1. The van der Waals surface area contributed by atoms with Crippen molar-refractivity contribution in [2.24, 2.45) is 11.8 Å². The van der Waals surface area contributed by atoms with Gasteiger partial charge in [0.05, 0.1) is 10.6 Å². The quantitative estimate of drug-likeness (QED) is 0.291. The van der Waals surface area contributed by atoms with Crippen LogP contribution in [-0.2, 0) is 10.3 Å². The number of nitrogens with zero attached hydrogens (tertiary/aromatic N) is 1. The van der Waals surface area contributed by atoms with Gasteiger partial charge in [0, 0.05) is 50.4 Å². The van der Waals surface area contributed by atoms with Crippen molar-refractivity contribution in [1.29, 1.82) is 0 Å². The number of hydrogen-bond acceptors (Lipinski definition) is 4. The lowest BCUT2D eigenvalue weighted by molar-refractivity contribution is -0.0588. The summed E-state index contributed by atoms with van der Waals surface area (Å²) in [6.45, 7) is 3.71. The molecule has 0 spiro atoms. The average molecular weight is 540 g/mol. The minimum Gasteiger partial charge on any atom is -0.385 e.